The molecule has 0 aromatic carbocycles. The van der Waals surface area contributed by atoms with Gasteiger partial charge in [0.15, 0.2) is 6.10 Å². The minimum atomic E-state index is -2.77. The van der Waals surface area contributed by atoms with Gasteiger partial charge in [0.1, 0.15) is 0 Å². The molecule has 1 unspecified atom stereocenters. The van der Waals surface area contributed by atoms with Gasteiger partial charge in [-0.25, -0.2) is 13.8 Å². The van der Waals surface area contributed by atoms with Crippen molar-refractivity contribution in [3.05, 3.63) is 16.1 Å². The molecule has 1 rings (SSSR count). The first-order valence-electron chi connectivity index (χ1n) is 4.24. The highest BCUT2D eigenvalue weighted by molar-refractivity contribution is 7.09. The molecule has 0 aliphatic carbocycles. The summed E-state index contributed by atoms with van der Waals surface area (Å²) in [7, 11) is 0. The monoisotopic (exact) mass is 221 g/mol. The van der Waals surface area contributed by atoms with Crippen LogP contribution in [0.15, 0.2) is 5.38 Å². The summed E-state index contributed by atoms with van der Waals surface area (Å²) in [4.78, 5) is 3.99. The molecule has 1 atom stereocenters. The van der Waals surface area contributed by atoms with Crippen LogP contribution >= 0.6 is 11.3 Å². The fraction of sp³-hybridized carbons (Fsp3) is 0.667. The SMILES string of the molecule is CC(C)(C)c1nc(C(O)C(F)F)cs1. The minimum Gasteiger partial charge on any atom is -0.381 e. The molecule has 14 heavy (non-hydrogen) atoms. The first-order valence-corrected chi connectivity index (χ1v) is 5.12. The number of alkyl halides is 2. The Labute approximate surface area is 85.6 Å². The van der Waals surface area contributed by atoms with Gasteiger partial charge in [-0.15, -0.1) is 11.3 Å². The lowest BCUT2D eigenvalue weighted by molar-refractivity contribution is -0.00799. The van der Waals surface area contributed by atoms with Gasteiger partial charge in [0.2, 0.25) is 0 Å². The summed E-state index contributed by atoms with van der Waals surface area (Å²) in [5.74, 6) is 0. The Kier molecular flexibility index (Phi) is 3.21. The average Bonchev–Trinajstić information content (AvgIpc) is 2.49. The van der Waals surface area contributed by atoms with Crippen molar-refractivity contribution < 1.29 is 13.9 Å². The van der Waals surface area contributed by atoms with E-state index < -0.39 is 12.5 Å². The lowest BCUT2D eigenvalue weighted by Gasteiger charge is -2.14. The third kappa shape index (κ3) is 2.48. The third-order valence-electron chi connectivity index (χ3n) is 1.71. The van der Waals surface area contributed by atoms with E-state index in [1.807, 2.05) is 20.8 Å². The largest absolute Gasteiger partial charge is 0.381 e. The van der Waals surface area contributed by atoms with Crippen LogP contribution in [0.3, 0.4) is 0 Å². The highest BCUT2D eigenvalue weighted by Crippen LogP contribution is 2.29. The van der Waals surface area contributed by atoms with Crippen molar-refractivity contribution in [2.75, 3.05) is 0 Å². The zero-order valence-electron chi connectivity index (χ0n) is 8.29. The second-order valence-corrected chi connectivity index (χ2v) is 4.96. The van der Waals surface area contributed by atoms with Crippen molar-refractivity contribution in [1.82, 2.24) is 4.98 Å². The number of aliphatic hydroxyl groups is 1. The topological polar surface area (TPSA) is 33.1 Å². The summed E-state index contributed by atoms with van der Waals surface area (Å²) in [6, 6.07) is 0. The molecule has 1 heterocycles. The molecule has 2 nitrogen and oxygen atoms in total. The highest BCUT2D eigenvalue weighted by Gasteiger charge is 2.25. The molecule has 0 fully saturated rings. The van der Waals surface area contributed by atoms with Crippen molar-refractivity contribution in [1.29, 1.82) is 0 Å². The lowest BCUT2D eigenvalue weighted by Crippen LogP contribution is -2.13. The van der Waals surface area contributed by atoms with Crippen LogP contribution in [-0.2, 0) is 5.41 Å². The fourth-order valence-corrected chi connectivity index (χ4v) is 1.83. The van der Waals surface area contributed by atoms with Gasteiger partial charge >= 0.3 is 0 Å². The second kappa shape index (κ2) is 3.90. The van der Waals surface area contributed by atoms with Crippen LogP contribution in [0.5, 0.6) is 0 Å². The number of nitrogens with zero attached hydrogens (tertiary/aromatic N) is 1. The van der Waals surface area contributed by atoms with Crippen molar-refractivity contribution in [2.24, 2.45) is 0 Å². The van der Waals surface area contributed by atoms with Crippen molar-refractivity contribution in [3.63, 3.8) is 0 Å². The lowest BCUT2D eigenvalue weighted by atomic mass is 9.98. The van der Waals surface area contributed by atoms with E-state index in [-0.39, 0.29) is 11.1 Å². The molecule has 5 heteroatoms. The van der Waals surface area contributed by atoms with E-state index in [0.717, 1.165) is 5.01 Å². The maximum Gasteiger partial charge on any atom is 0.269 e. The Balaban J connectivity index is 2.89. The molecule has 1 aromatic heterocycles. The van der Waals surface area contributed by atoms with Gasteiger partial charge in [-0.1, -0.05) is 20.8 Å². The summed E-state index contributed by atoms with van der Waals surface area (Å²) in [5.41, 5.74) is -0.0972. The number of halogens is 2. The highest BCUT2D eigenvalue weighted by atomic mass is 32.1. The molecular formula is C9H13F2NOS. The van der Waals surface area contributed by atoms with Gasteiger partial charge in [-0.05, 0) is 0 Å². The summed E-state index contributed by atoms with van der Waals surface area (Å²) < 4.78 is 24.3. The van der Waals surface area contributed by atoms with Crippen LogP contribution in [-0.4, -0.2) is 16.5 Å². The van der Waals surface area contributed by atoms with Gasteiger partial charge in [0, 0.05) is 10.8 Å². The number of hydrogen-bond acceptors (Lipinski definition) is 3. The van der Waals surface area contributed by atoms with Gasteiger partial charge in [-0.2, -0.15) is 0 Å². The number of hydrogen-bond donors (Lipinski definition) is 1. The fourth-order valence-electron chi connectivity index (χ4n) is 0.896. The van der Waals surface area contributed by atoms with E-state index in [4.69, 9.17) is 5.11 Å². The summed E-state index contributed by atoms with van der Waals surface area (Å²) in [6.45, 7) is 5.85. The van der Waals surface area contributed by atoms with Gasteiger partial charge in [0.05, 0.1) is 10.7 Å². The van der Waals surface area contributed by atoms with E-state index in [2.05, 4.69) is 4.98 Å². The predicted molar refractivity (Wildman–Crippen MR) is 51.8 cm³/mol. The number of rotatable bonds is 2. The smallest absolute Gasteiger partial charge is 0.269 e. The molecule has 0 aliphatic heterocycles. The molecule has 1 N–H and O–H groups in total. The molecule has 0 saturated heterocycles. The normalized spacial score (nSPS) is 14.8. The zero-order chi connectivity index (χ0) is 10.9. The molecule has 0 spiro atoms. The van der Waals surface area contributed by atoms with Crippen LogP contribution in [0.2, 0.25) is 0 Å². The quantitative estimate of drug-likeness (QED) is 0.833. The Morgan fingerprint density at radius 3 is 2.36 bits per heavy atom. The first-order chi connectivity index (χ1) is 6.32. The molecule has 0 saturated carbocycles. The van der Waals surface area contributed by atoms with Gasteiger partial charge in [-0.3, -0.25) is 0 Å². The maximum absolute atomic E-state index is 12.1. The van der Waals surface area contributed by atoms with Gasteiger partial charge < -0.3 is 5.11 Å². The van der Waals surface area contributed by atoms with E-state index in [0.29, 0.717) is 0 Å². The molecule has 0 bridgehead atoms. The Bertz CT molecular complexity index is 306. The second-order valence-electron chi connectivity index (χ2n) is 4.11. The first kappa shape index (κ1) is 11.5. The van der Waals surface area contributed by atoms with Crippen LogP contribution in [0.25, 0.3) is 0 Å². The molecule has 0 radical (unpaired) electrons. The molecule has 0 aliphatic rings. The Morgan fingerprint density at radius 1 is 1.43 bits per heavy atom. The Morgan fingerprint density at radius 2 is 2.00 bits per heavy atom. The van der Waals surface area contributed by atoms with E-state index in [9.17, 15) is 8.78 Å². The van der Waals surface area contributed by atoms with Crippen molar-refractivity contribution in [2.45, 2.75) is 38.7 Å². The van der Waals surface area contributed by atoms with Crippen LogP contribution in [0.4, 0.5) is 8.78 Å². The van der Waals surface area contributed by atoms with E-state index in [1.165, 1.54) is 16.7 Å². The summed E-state index contributed by atoms with van der Waals surface area (Å²) >= 11 is 1.30. The number of thiazole rings is 1. The Hall–Kier alpha value is -0.550. The van der Waals surface area contributed by atoms with Crippen LogP contribution < -0.4 is 0 Å². The predicted octanol–water partition coefficient (Wildman–Crippen LogP) is 2.74. The van der Waals surface area contributed by atoms with E-state index >= 15 is 0 Å². The van der Waals surface area contributed by atoms with Crippen LogP contribution in [0.1, 0.15) is 37.6 Å². The van der Waals surface area contributed by atoms with Crippen LogP contribution in [0, 0.1) is 0 Å². The summed E-state index contributed by atoms with van der Waals surface area (Å²) in [5, 5.41) is 11.3. The number of aliphatic hydroxyl groups excluding tert-OH is 1. The third-order valence-corrected chi connectivity index (χ3v) is 2.99. The van der Waals surface area contributed by atoms with Gasteiger partial charge in [0.25, 0.3) is 6.43 Å². The van der Waals surface area contributed by atoms with Crippen molar-refractivity contribution in [3.8, 4) is 0 Å². The standard InChI is InChI=1S/C9H13F2NOS/c1-9(2,3)8-12-5(4-14-8)6(13)7(10)11/h4,6-7,13H,1-3H3. The molecule has 0 amide bonds. The van der Waals surface area contributed by atoms with E-state index in [1.54, 1.807) is 0 Å². The maximum atomic E-state index is 12.1. The molecule has 1 aromatic rings. The van der Waals surface area contributed by atoms with Crippen molar-refractivity contribution >= 4 is 11.3 Å². The zero-order valence-corrected chi connectivity index (χ0v) is 9.11. The summed E-state index contributed by atoms with van der Waals surface area (Å²) in [6.07, 6.45) is -4.53. The minimum absolute atomic E-state index is 0.0647. The average molecular weight is 221 g/mol. The molecule has 80 valence electrons. The number of aromatic nitrogens is 1. The molecular weight excluding hydrogens is 208 g/mol.